The van der Waals surface area contributed by atoms with Gasteiger partial charge in [-0.3, -0.25) is 4.79 Å². The van der Waals surface area contributed by atoms with E-state index in [-0.39, 0.29) is 11.9 Å². The molecular formula is C18H29NO3. The monoisotopic (exact) mass is 307 g/mol. The second kappa shape index (κ2) is 9.34. The maximum Gasteiger partial charge on any atom is 0.227 e. The van der Waals surface area contributed by atoms with Gasteiger partial charge >= 0.3 is 0 Å². The molecule has 0 aromatic heterocycles. The van der Waals surface area contributed by atoms with E-state index in [0.717, 1.165) is 42.9 Å². The van der Waals surface area contributed by atoms with E-state index in [2.05, 4.69) is 20.8 Å². The fraction of sp³-hybridized carbons (Fsp3) is 0.611. The van der Waals surface area contributed by atoms with Crippen molar-refractivity contribution in [1.29, 1.82) is 0 Å². The lowest BCUT2D eigenvalue weighted by Crippen LogP contribution is -2.40. The number of hydrogen-bond donors (Lipinski definition) is 0. The average molecular weight is 307 g/mol. The molecule has 0 N–H and O–H groups in total. The van der Waals surface area contributed by atoms with Crippen LogP contribution < -0.4 is 9.47 Å². The summed E-state index contributed by atoms with van der Waals surface area (Å²) in [7, 11) is 3.25. The fourth-order valence-electron chi connectivity index (χ4n) is 2.42. The Morgan fingerprint density at radius 2 is 1.95 bits per heavy atom. The van der Waals surface area contributed by atoms with Gasteiger partial charge in [-0.25, -0.2) is 0 Å². The molecule has 1 atom stereocenters. The first-order chi connectivity index (χ1) is 10.6. The van der Waals surface area contributed by atoms with Crippen LogP contribution in [0.3, 0.4) is 0 Å². The van der Waals surface area contributed by atoms with Crippen molar-refractivity contribution < 1.29 is 14.3 Å². The SMILES string of the molecule is CCCCN(C(=O)Cc1cc(OC)ccc1OC)C(C)CC. The van der Waals surface area contributed by atoms with Crippen LogP contribution in [-0.2, 0) is 11.2 Å². The number of unbranched alkanes of at least 4 members (excludes halogenated alkanes) is 1. The number of carbonyl (C=O) groups excluding carboxylic acids is 1. The first kappa shape index (κ1) is 18.3. The standard InChI is InChI=1S/C18H29NO3/c1-6-8-11-19(14(3)7-2)18(20)13-15-12-16(21-4)9-10-17(15)22-5/h9-10,12,14H,6-8,11,13H2,1-5H3. The Balaban J connectivity index is 2.92. The Labute approximate surface area is 134 Å². The van der Waals surface area contributed by atoms with Crippen molar-refractivity contribution in [2.45, 2.75) is 52.5 Å². The number of amides is 1. The molecule has 0 heterocycles. The Hall–Kier alpha value is -1.71. The van der Waals surface area contributed by atoms with Crippen LogP contribution in [0.25, 0.3) is 0 Å². The van der Waals surface area contributed by atoms with Gasteiger partial charge in [-0.1, -0.05) is 20.3 Å². The summed E-state index contributed by atoms with van der Waals surface area (Å²) in [5.41, 5.74) is 0.872. The molecule has 0 aliphatic heterocycles. The first-order valence-electron chi connectivity index (χ1n) is 8.07. The molecule has 1 aromatic carbocycles. The molecule has 0 saturated heterocycles. The van der Waals surface area contributed by atoms with Crippen molar-refractivity contribution in [1.82, 2.24) is 4.90 Å². The highest BCUT2D eigenvalue weighted by molar-refractivity contribution is 5.80. The molecule has 124 valence electrons. The highest BCUT2D eigenvalue weighted by atomic mass is 16.5. The predicted octanol–water partition coefficient (Wildman–Crippen LogP) is 3.67. The minimum atomic E-state index is 0.148. The topological polar surface area (TPSA) is 38.8 Å². The minimum Gasteiger partial charge on any atom is -0.497 e. The predicted molar refractivity (Wildman–Crippen MR) is 89.6 cm³/mol. The van der Waals surface area contributed by atoms with Gasteiger partial charge in [-0.05, 0) is 38.0 Å². The van der Waals surface area contributed by atoms with E-state index in [4.69, 9.17) is 9.47 Å². The molecule has 0 radical (unpaired) electrons. The second-order valence-electron chi connectivity index (χ2n) is 5.55. The zero-order chi connectivity index (χ0) is 16.5. The molecule has 4 nitrogen and oxygen atoms in total. The van der Waals surface area contributed by atoms with Crippen molar-refractivity contribution in [3.63, 3.8) is 0 Å². The van der Waals surface area contributed by atoms with Crippen LogP contribution in [0.4, 0.5) is 0 Å². The summed E-state index contributed by atoms with van der Waals surface area (Å²) in [4.78, 5) is 14.7. The van der Waals surface area contributed by atoms with Crippen LogP contribution in [0, 0.1) is 0 Å². The maximum absolute atomic E-state index is 12.7. The third kappa shape index (κ3) is 4.93. The molecule has 0 fully saturated rings. The zero-order valence-corrected chi connectivity index (χ0v) is 14.5. The number of ether oxygens (including phenoxy) is 2. The average Bonchev–Trinajstić information content (AvgIpc) is 2.54. The van der Waals surface area contributed by atoms with Crippen LogP contribution in [0.15, 0.2) is 18.2 Å². The highest BCUT2D eigenvalue weighted by Gasteiger charge is 2.20. The summed E-state index contributed by atoms with van der Waals surface area (Å²) in [6.45, 7) is 7.18. The van der Waals surface area contributed by atoms with Gasteiger partial charge in [-0.2, -0.15) is 0 Å². The number of nitrogens with zero attached hydrogens (tertiary/aromatic N) is 1. The van der Waals surface area contributed by atoms with Gasteiger partial charge in [0.25, 0.3) is 0 Å². The molecule has 0 spiro atoms. The van der Waals surface area contributed by atoms with E-state index in [1.54, 1.807) is 14.2 Å². The first-order valence-corrected chi connectivity index (χ1v) is 8.07. The summed E-state index contributed by atoms with van der Waals surface area (Å²) in [6, 6.07) is 5.83. The lowest BCUT2D eigenvalue weighted by molar-refractivity contribution is -0.132. The van der Waals surface area contributed by atoms with Crippen molar-refractivity contribution >= 4 is 5.91 Å². The van der Waals surface area contributed by atoms with Crippen molar-refractivity contribution in [2.75, 3.05) is 20.8 Å². The Morgan fingerprint density at radius 1 is 1.23 bits per heavy atom. The van der Waals surface area contributed by atoms with Gasteiger partial charge in [0.15, 0.2) is 0 Å². The Kier molecular flexibility index (Phi) is 7.78. The number of hydrogen-bond acceptors (Lipinski definition) is 3. The molecule has 1 rings (SSSR count). The van der Waals surface area contributed by atoms with Crippen LogP contribution in [0.1, 0.15) is 45.6 Å². The van der Waals surface area contributed by atoms with Gasteiger partial charge in [-0.15, -0.1) is 0 Å². The molecule has 1 amide bonds. The quantitative estimate of drug-likeness (QED) is 0.698. The summed E-state index contributed by atoms with van der Waals surface area (Å²) in [5, 5.41) is 0. The van der Waals surface area contributed by atoms with E-state index in [1.165, 1.54) is 0 Å². The molecule has 0 bridgehead atoms. The van der Waals surface area contributed by atoms with E-state index < -0.39 is 0 Å². The van der Waals surface area contributed by atoms with Crippen LogP contribution in [0.5, 0.6) is 11.5 Å². The molecule has 1 unspecified atom stereocenters. The number of carbonyl (C=O) groups is 1. The van der Waals surface area contributed by atoms with Gasteiger partial charge < -0.3 is 14.4 Å². The molecule has 0 aliphatic rings. The van der Waals surface area contributed by atoms with Crippen molar-refractivity contribution in [3.05, 3.63) is 23.8 Å². The lowest BCUT2D eigenvalue weighted by Gasteiger charge is -2.29. The fourth-order valence-corrected chi connectivity index (χ4v) is 2.42. The molecule has 1 aromatic rings. The maximum atomic E-state index is 12.7. The highest BCUT2D eigenvalue weighted by Crippen LogP contribution is 2.25. The van der Waals surface area contributed by atoms with Crippen LogP contribution in [0.2, 0.25) is 0 Å². The zero-order valence-electron chi connectivity index (χ0n) is 14.5. The normalized spacial score (nSPS) is 11.9. The molecular weight excluding hydrogens is 278 g/mol. The molecule has 0 aliphatic carbocycles. The number of benzene rings is 1. The third-order valence-corrected chi connectivity index (χ3v) is 4.03. The van der Waals surface area contributed by atoms with Gasteiger partial charge in [0.2, 0.25) is 5.91 Å². The van der Waals surface area contributed by atoms with E-state index >= 15 is 0 Å². The summed E-state index contributed by atoms with van der Waals surface area (Å²) < 4.78 is 10.6. The molecule has 22 heavy (non-hydrogen) atoms. The van der Waals surface area contributed by atoms with E-state index in [0.29, 0.717) is 6.42 Å². The third-order valence-electron chi connectivity index (χ3n) is 4.03. The summed E-state index contributed by atoms with van der Waals surface area (Å²) in [5.74, 6) is 1.62. The Morgan fingerprint density at radius 3 is 2.50 bits per heavy atom. The second-order valence-corrected chi connectivity index (χ2v) is 5.55. The molecule has 4 heteroatoms. The van der Waals surface area contributed by atoms with Gasteiger partial charge in [0.1, 0.15) is 11.5 Å². The number of rotatable bonds is 9. The van der Waals surface area contributed by atoms with E-state index in [9.17, 15) is 4.79 Å². The van der Waals surface area contributed by atoms with Crippen molar-refractivity contribution in [3.8, 4) is 11.5 Å². The lowest BCUT2D eigenvalue weighted by atomic mass is 10.1. The largest absolute Gasteiger partial charge is 0.497 e. The van der Waals surface area contributed by atoms with E-state index in [1.807, 2.05) is 23.1 Å². The summed E-state index contributed by atoms with van der Waals surface area (Å²) in [6.07, 6.45) is 3.42. The van der Waals surface area contributed by atoms with Crippen molar-refractivity contribution in [2.24, 2.45) is 0 Å². The van der Waals surface area contributed by atoms with Gasteiger partial charge in [0, 0.05) is 18.2 Å². The van der Waals surface area contributed by atoms with Gasteiger partial charge in [0.05, 0.1) is 20.6 Å². The van der Waals surface area contributed by atoms with Crippen LogP contribution in [-0.4, -0.2) is 37.6 Å². The van der Waals surface area contributed by atoms with Crippen LogP contribution >= 0.6 is 0 Å². The molecule has 0 saturated carbocycles. The summed E-state index contributed by atoms with van der Waals surface area (Å²) >= 11 is 0. The smallest absolute Gasteiger partial charge is 0.227 e. The number of methoxy groups -OCH3 is 2. The Bertz CT molecular complexity index is 473. The minimum absolute atomic E-state index is 0.148.